The molecule has 0 saturated heterocycles. The minimum atomic E-state index is -0.499. The average molecular weight is 369 g/mol. The lowest BCUT2D eigenvalue weighted by Crippen LogP contribution is -2.07. The van der Waals surface area contributed by atoms with E-state index in [9.17, 15) is 19.3 Å². The maximum Gasteiger partial charge on any atom is 0.270 e. The Hall–Kier alpha value is -3.39. The van der Waals surface area contributed by atoms with Gasteiger partial charge in [0, 0.05) is 29.2 Å². The van der Waals surface area contributed by atoms with Crippen LogP contribution in [-0.2, 0) is 4.79 Å². The third-order valence-electron chi connectivity index (χ3n) is 3.36. The highest BCUT2D eigenvalue weighted by atomic mass is 32.1. The third kappa shape index (κ3) is 4.37. The summed E-state index contributed by atoms with van der Waals surface area (Å²) in [4.78, 5) is 26.5. The first-order valence-corrected chi connectivity index (χ1v) is 8.34. The molecule has 0 saturated carbocycles. The van der Waals surface area contributed by atoms with Crippen LogP contribution in [0.3, 0.4) is 0 Å². The van der Waals surface area contributed by atoms with Crippen LogP contribution in [0.1, 0.15) is 5.56 Å². The van der Waals surface area contributed by atoms with E-state index in [1.165, 1.54) is 47.8 Å². The van der Waals surface area contributed by atoms with Crippen molar-refractivity contribution in [2.24, 2.45) is 0 Å². The van der Waals surface area contributed by atoms with Gasteiger partial charge >= 0.3 is 0 Å². The van der Waals surface area contributed by atoms with Crippen LogP contribution in [0.2, 0.25) is 0 Å². The number of benzene rings is 2. The summed E-state index contributed by atoms with van der Waals surface area (Å²) >= 11 is 1.22. The molecular formula is C18H12FN3O3S. The Balaban J connectivity index is 1.67. The fraction of sp³-hybridized carbons (Fsp3) is 0. The van der Waals surface area contributed by atoms with Crippen molar-refractivity contribution in [3.05, 3.63) is 81.5 Å². The van der Waals surface area contributed by atoms with Gasteiger partial charge in [0.25, 0.3) is 5.69 Å². The molecule has 1 heterocycles. The summed E-state index contributed by atoms with van der Waals surface area (Å²) in [6.45, 7) is 0. The zero-order valence-electron chi connectivity index (χ0n) is 13.3. The van der Waals surface area contributed by atoms with Gasteiger partial charge in [0.05, 0.1) is 10.6 Å². The van der Waals surface area contributed by atoms with Crippen molar-refractivity contribution < 1.29 is 14.1 Å². The smallest absolute Gasteiger partial charge is 0.270 e. The molecule has 0 unspecified atom stereocenters. The molecule has 3 rings (SSSR count). The van der Waals surface area contributed by atoms with Crippen LogP contribution in [0.15, 0.2) is 60.0 Å². The third-order valence-corrected chi connectivity index (χ3v) is 4.12. The summed E-state index contributed by atoms with van der Waals surface area (Å²) in [5.74, 6) is -0.780. The predicted molar refractivity (Wildman–Crippen MR) is 98.3 cm³/mol. The molecule has 0 radical (unpaired) electrons. The number of rotatable bonds is 5. The van der Waals surface area contributed by atoms with Crippen LogP contribution in [0.4, 0.5) is 15.2 Å². The Morgan fingerprint density at radius 3 is 2.81 bits per heavy atom. The first-order valence-electron chi connectivity index (χ1n) is 7.46. The first kappa shape index (κ1) is 17.4. The van der Waals surface area contributed by atoms with Gasteiger partial charge in [-0.2, -0.15) is 0 Å². The molecule has 0 aliphatic carbocycles. The molecule has 3 aromatic rings. The van der Waals surface area contributed by atoms with Gasteiger partial charge in [-0.3, -0.25) is 20.2 Å². The maximum absolute atomic E-state index is 13.3. The molecule has 8 heteroatoms. The van der Waals surface area contributed by atoms with E-state index in [2.05, 4.69) is 10.3 Å². The quantitative estimate of drug-likeness (QED) is 0.407. The Kier molecular flexibility index (Phi) is 5.14. The molecular weight excluding hydrogens is 357 g/mol. The van der Waals surface area contributed by atoms with E-state index in [1.807, 2.05) is 0 Å². The molecule has 0 spiro atoms. The SMILES string of the molecule is O=C(/C=C/c1cccc([N+](=O)[O-])c1)Nc1nc(-c2cccc(F)c2)cs1. The monoisotopic (exact) mass is 369 g/mol. The predicted octanol–water partition coefficient (Wildman–Crippen LogP) is 4.51. The Morgan fingerprint density at radius 1 is 1.23 bits per heavy atom. The molecule has 0 bridgehead atoms. The number of hydrogen-bond acceptors (Lipinski definition) is 5. The molecule has 1 aromatic heterocycles. The zero-order chi connectivity index (χ0) is 18.5. The van der Waals surface area contributed by atoms with Crippen LogP contribution >= 0.6 is 11.3 Å². The summed E-state index contributed by atoms with van der Waals surface area (Å²) in [5.41, 5.74) is 1.67. The maximum atomic E-state index is 13.3. The molecule has 130 valence electrons. The van der Waals surface area contributed by atoms with Gasteiger partial charge in [0.1, 0.15) is 5.82 Å². The van der Waals surface area contributed by atoms with E-state index in [0.717, 1.165) is 0 Å². The standard InChI is InChI=1S/C18H12FN3O3S/c19-14-5-2-4-13(10-14)16-11-26-18(20-16)21-17(23)8-7-12-3-1-6-15(9-12)22(24)25/h1-11H,(H,20,21,23)/b8-7+. The number of anilines is 1. The first-order chi connectivity index (χ1) is 12.5. The summed E-state index contributed by atoms with van der Waals surface area (Å²) < 4.78 is 13.3. The summed E-state index contributed by atoms with van der Waals surface area (Å²) in [6, 6.07) is 12.0. The van der Waals surface area contributed by atoms with Crippen molar-refractivity contribution in [3.8, 4) is 11.3 Å². The number of nitro groups is 1. The van der Waals surface area contributed by atoms with Crippen molar-refractivity contribution in [1.29, 1.82) is 0 Å². The number of halogens is 1. The molecule has 1 amide bonds. The van der Waals surface area contributed by atoms with Crippen LogP contribution < -0.4 is 5.32 Å². The summed E-state index contributed by atoms with van der Waals surface area (Å²) in [5, 5.41) is 15.4. The van der Waals surface area contributed by atoms with Gasteiger partial charge in [-0.1, -0.05) is 24.3 Å². The second-order valence-corrected chi connectivity index (χ2v) is 6.08. The van der Waals surface area contributed by atoms with E-state index >= 15 is 0 Å². The van der Waals surface area contributed by atoms with Crippen LogP contribution in [0, 0.1) is 15.9 Å². The van der Waals surface area contributed by atoms with Crippen LogP contribution in [-0.4, -0.2) is 15.8 Å². The van der Waals surface area contributed by atoms with E-state index < -0.39 is 10.8 Å². The number of carbonyl (C=O) groups is 1. The number of nitro benzene ring substituents is 1. The van der Waals surface area contributed by atoms with Gasteiger partial charge in [-0.25, -0.2) is 9.37 Å². The summed E-state index contributed by atoms with van der Waals surface area (Å²) in [6.07, 6.45) is 2.74. The van der Waals surface area contributed by atoms with Crippen molar-refractivity contribution >= 4 is 34.1 Å². The average Bonchev–Trinajstić information content (AvgIpc) is 3.09. The highest BCUT2D eigenvalue weighted by molar-refractivity contribution is 7.14. The fourth-order valence-corrected chi connectivity index (χ4v) is 2.90. The van der Waals surface area contributed by atoms with Gasteiger partial charge in [-0.05, 0) is 23.8 Å². The minimum absolute atomic E-state index is 0.0489. The van der Waals surface area contributed by atoms with Gasteiger partial charge in [-0.15, -0.1) is 11.3 Å². The highest BCUT2D eigenvalue weighted by Crippen LogP contribution is 2.25. The van der Waals surface area contributed by atoms with Crippen molar-refractivity contribution in [1.82, 2.24) is 4.98 Å². The van der Waals surface area contributed by atoms with Gasteiger partial charge in [0.2, 0.25) is 5.91 Å². The second-order valence-electron chi connectivity index (χ2n) is 5.22. The Bertz CT molecular complexity index is 1000. The Morgan fingerprint density at radius 2 is 2.04 bits per heavy atom. The molecule has 2 aromatic carbocycles. The molecule has 0 atom stereocenters. The second kappa shape index (κ2) is 7.66. The van der Waals surface area contributed by atoms with Crippen LogP contribution in [0.25, 0.3) is 17.3 Å². The fourth-order valence-electron chi connectivity index (χ4n) is 2.17. The van der Waals surface area contributed by atoms with Crippen molar-refractivity contribution in [3.63, 3.8) is 0 Å². The number of hydrogen-bond donors (Lipinski definition) is 1. The van der Waals surface area contributed by atoms with E-state index in [1.54, 1.807) is 29.6 Å². The zero-order valence-corrected chi connectivity index (χ0v) is 14.1. The number of nitrogens with one attached hydrogen (secondary N) is 1. The number of aromatic nitrogens is 1. The molecule has 0 fully saturated rings. The lowest BCUT2D eigenvalue weighted by Gasteiger charge is -1.98. The molecule has 1 N–H and O–H groups in total. The number of non-ortho nitro benzene ring substituents is 1. The van der Waals surface area contributed by atoms with E-state index in [0.29, 0.717) is 22.0 Å². The number of carbonyl (C=O) groups excluding carboxylic acids is 1. The lowest BCUT2D eigenvalue weighted by atomic mass is 10.2. The van der Waals surface area contributed by atoms with E-state index in [4.69, 9.17) is 0 Å². The van der Waals surface area contributed by atoms with Crippen molar-refractivity contribution in [2.45, 2.75) is 0 Å². The molecule has 0 aliphatic rings. The topological polar surface area (TPSA) is 85.1 Å². The van der Waals surface area contributed by atoms with Crippen molar-refractivity contribution in [2.75, 3.05) is 5.32 Å². The Labute approximate surface area is 151 Å². The van der Waals surface area contributed by atoms with E-state index in [-0.39, 0.29) is 11.5 Å². The summed E-state index contributed by atoms with van der Waals surface area (Å²) in [7, 11) is 0. The molecule has 0 aliphatic heterocycles. The lowest BCUT2D eigenvalue weighted by molar-refractivity contribution is -0.384. The highest BCUT2D eigenvalue weighted by Gasteiger charge is 2.08. The number of amides is 1. The van der Waals surface area contributed by atoms with Gasteiger partial charge < -0.3 is 0 Å². The number of nitrogens with zero attached hydrogens (tertiary/aromatic N) is 2. The normalized spacial score (nSPS) is 10.8. The van der Waals surface area contributed by atoms with Crippen LogP contribution in [0.5, 0.6) is 0 Å². The largest absolute Gasteiger partial charge is 0.298 e. The molecule has 26 heavy (non-hydrogen) atoms. The van der Waals surface area contributed by atoms with Gasteiger partial charge in [0.15, 0.2) is 5.13 Å². The minimum Gasteiger partial charge on any atom is -0.298 e. The number of thiazole rings is 1. The molecule has 6 nitrogen and oxygen atoms in total.